The van der Waals surface area contributed by atoms with Gasteiger partial charge in [0.15, 0.2) is 0 Å². The van der Waals surface area contributed by atoms with Crippen molar-refractivity contribution in [2.24, 2.45) is 0 Å². The van der Waals surface area contributed by atoms with E-state index in [0.717, 1.165) is 10.5 Å². The second kappa shape index (κ2) is 9.99. The molecule has 168 valence electrons. The lowest BCUT2D eigenvalue weighted by Crippen LogP contribution is -2.39. The molecule has 0 radical (unpaired) electrons. The molecule has 1 atom stereocenters. The SMILES string of the molecule is COc1ccc(NC(=O)C[C@H]2C(=O)N(c3ccccc3)C(=O)N2CCc2ccccc2)cc1. The Morgan fingerprint density at radius 3 is 2.18 bits per heavy atom. The Hall–Kier alpha value is -4.13. The molecular formula is C26H25N3O4. The Balaban J connectivity index is 1.52. The highest BCUT2D eigenvalue weighted by Crippen LogP contribution is 2.27. The summed E-state index contributed by atoms with van der Waals surface area (Å²) in [7, 11) is 1.57. The van der Waals surface area contributed by atoms with Gasteiger partial charge in [-0.25, -0.2) is 9.69 Å². The predicted molar refractivity (Wildman–Crippen MR) is 126 cm³/mol. The topological polar surface area (TPSA) is 79.0 Å². The summed E-state index contributed by atoms with van der Waals surface area (Å²) in [4.78, 5) is 42.0. The highest BCUT2D eigenvalue weighted by Gasteiger charge is 2.46. The van der Waals surface area contributed by atoms with E-state index in [2.05, 4.69) is 5.32 Å². The number of urea groups is 1. The Morgan fingerprint density at radius 1 is 0.909 bits per heavy atom. The van der Waals surface area contributed by atoms with Crippen LogP contribution in [0.15, 0.2) is 84.9 Å². The van der Waals surface area contributed by atoms with Crippen LogP contribution in [0.3, 0.4) is 0 Å². The number of rotatable bonds is 8. The van der Waals surface area contributed by atoms with Gasteiger partial charge in [-0.2, -0.15) is 0 Å². The third-order valence-electron chi connectivity index (χ3n) is 5.57. The average molecular weight is 444 g/mol. The molecule has 1 aliphatic heterocycles. The summed E-state index contributed by atoms with van der Waals surface area (Å²) in [5.41, 5.74) is 2.14. The maximum absolute atomic E-state index is 13.3. The van der Waals surface area contributed by atoms with Crippen LogP contribution >= 0.6 is 0 Å². The van der Waals surface area contributed by atoms with E-state index in [4.69, 9.17) is 4.74 Å². The number of nitrogens with one attached hydrogen (secondary N) is 1. The van der Waals surface area contributed by atoms with Gasteiger partial charge in [-0.05, 0) is 48.4 Å². The van der Waals surface area contributed by atoms with E-state index < -0.39 is 18.0 Å². The van der Waals surface area contributed by atoms with Crippen molar-refractivity contribution in [3.63, 3.8) is 0 Å². The van der Waals surface area contributed by atoms with E-state index in [0.29, 0.717) is 30.1 Å². The number of hydrogen-bond donors (Lipinski definition) is 1. The van der Waals surface area contributed by atoms with Crippen molar-refractivity contribution in [3.8, 4) is 5.75 Å². The van der Waals surface area contributed by atoms with Crippen LogP contribution in [0.4, 0.5) is 16.2 Å². The molecule has 0 unspecified atom stereocenters. The second-order valence-corrected chi connectivity index (χ2v) is 7.72. The molecule has 1 heterocycles. The summed E-state index contributed by atoms with van der Waals surface area (Å²) in [6.45, 7) is 0.332. The molecule has 3 aromatic carbocycles. The minimum atomic E-state index is -0.875. The Labute approximate surface area is 192 Å². The molecule has 1 aliphatic rings. The van der Waals surface area contributed by atoms with E-state index in [9.17, 15) is 14.4 Å². The zero-order valence-electron chi connectivity index (χ0n) is 18.3. The Morgan fingerprint density at radius 2 is 1.55 bits per heavy atom. The largest absolute Gasteiger partial charge is 0.497 e. The van der Waals surface area contributed by atoms with Crippen LogP contribution in [0, 0.1) is 0 Å². The van der Waals surface area contributed by atoms with Gasteiger partial charge in [-0.1, -0.05) is 48.5 Å². The summed E-state index contributed by atoms with van der Waals surface area (Å²) in [6.07, 6.45) is 0.452. The molecule has 1 N–H and O–H groups in total. The van der Waals surface area contributed by atoms with E-state index in [1.165, 1.54) is 4.90 Å². The maximum atomic E-state index is 13.3. The highest BCUT2D eigenvalue weighted by molar-refractivity contribution is 6.22. The third-order valence-corrected chi connectivity index (χ3v) is 5.57. The number of benzene rings is 3. The molecule has 3 aromatic rings. The standard InChI is InChI=1S/C26H25N3O4/c1-33-22-14-12-20(13-15-22)27-24(30)18-23-25(31)29(21-10-6-3-7-11-21)26(32)28(23)17-16-19-8-4-2-5-9-19/h2-15,23H,16-18H2,1H3,(H,27,30)/t23-/m0/s1. The van der Waals surface area contributed by atoms with Crippen LogP contribution in [0.25, 0.3) is 0 Å². The zero-order chi connectivity index (χ0) is 23.2. The first-order valence-corrected chi connectivity index (χ1v) is 10.7. The molecule has 1 saturated heterocycles. The third kappa shape index (κ3) is 5.03. The van der Waals surface area contributed by atoms with Gasteiger partial charge >= 0.3 is 6.03 Å². The van der Waals surface area contributed by atoms with E-state index in [1.807, 2.05) is 36.4 Å². The first-order chi connectivity index (χ1) is 16.1. The minimum absolute atomic E-state index is 0.130. The van der Waals surface area contributed by atoms with Crippen molar-refractivity contribution < 1.29 is 19.1 Å². The van der Waals surface area contributed by atoms with Gasteiger partial charge in [0.25, 0.3) is 5.91 Å². The van der Waals surface area contributed by atoms with Crippen molar-refractivity contribution in [2.45, 2.75) is 18.9 Å². The van der Waals surface area contributed by atoms with Crippen molar-refractivity contribution in [2.75, 3.05) is 23.9 Å². The van der Waals surface area contributed by atoms with Crippen LogP contribution in [0.2, 0.25) is 0 Å². The summed E-state index contributed by atoms with van der Waals surface area (Å²) in [5, 5.41) is 2.80. The fourth-order valence-corrected chi connectivity index (χ4v) is 3.86. The monoisotopic (exact) mass is 443 g/mol. The molecule has 0 saturated carbocycles. The van der Waals surface area contributed by atoms with E-state index in [-0.39, 0.29) is 12.3 Å². The summed E-state index contributed by atoms with van der Waals surface area (Å²) in [5.74, 6) is -0.0646. The van der Waals surface area contributed by atoms with E-state index >= 15 is 0 Å². The number of hydrogen-bond acceptors (Lipinski definition) is 4. The number of imide groups is 1. The lowest BCUT2D eigenvalue weighted by Gasteiger charge is -2.21. The van der Waals surface area contributed by atoms with Gasteiger partial charge in [0.05, 0.1) is 19.2 Å². The van der Waals surface area contributed by atoms with Gasteiger partial charge in [0.1, 0.15) is 11.8 Å². The van der Waals surface area contributed by atoms with Gasteiger partial charge in [-0.15, -0.1) is 0 Å². The van der Waals surface area contributed by atoms with Gasteiger partial charge in [-0.3, -0.25) is 9.59 Å². The van der Waals surface area contributed by atoms with Crippen LogP contribution < -0.4 is 15.0 Å². The lowest BCUT2D eigenvalue weighted by molar-refractivity contribution is -0.124. The van der Waals surface area contributed by atoms with E-state index in [1.54, 1.807) is 55.6 Å². The van der Waals surface area contributed by atoms with Crippen molar-refractivity contribution >= 4 is 29.2 Å². The molecule has 4 rings (SSSR count). The number of para-hydroxylation sites is 1. The maximum Gasteiger partial charge on any atom is 0.332 e. The first kappa shape index (κ1) is 22.1. The summed E-state index contributed by atoms with van der Waals surface area (Å²) in [6, 6.07) is 24.2. The molecule has 4 amide bonds. The molecule has 0 aromatic heterocycles. The quantitative estimate of drug-likeness (QED) is 0.532. The number of anilines is 2. The molecular weight excluding hydrogens is 418 g/mol. The van der Waals surface area contributed by atoms with Gasteiger partial charge in [0, 0.05) is 12.2 Å². The Kier molecular flexibility index (Phi) is 6.69. The number of carbonyl (C=O) groups excluding carboxylic acids is 3. The smallest absolute Gasteiger partial charge is 0.332 e. The molecule has 7 nitrogen and oxygen atoms in total. The zero-order valence-corrected chi connectivity index (χ0v) is 18.3. The second-order valence-electron chi connectivity index (χ2n) is 7.72. The average Bonchev–Trinajstić information content (AvgIpc) is 3.08. The number of amides is 4. The molecule has 33 heavy (non-hydrogen) atoms. The molecule has 0 aliphatic carbocycles. The number of nitrogens with zero attached hydrogens (tertiary/aromatic N) is 2. The normalized spacial score (nSPS) is 15.6. The van der Waals surface area contributed by atoms with Crippen LogP contribution in [0.5, 0.6) is 5.75 Å². The molecule has 0 spiro atoms. The fourth-order valence-electron chi connectivity index (χ4n) is 3.86. The van der Waals surface area contributed by atoms with Gasteiger partial charge in [0.2, 0.25) is 5.91 Å². The molecule has 1 fully saturated rings. The lowest BCUT2D eigenvalue weighted by atomic mass is 10.1. The van der Waals surface area contributed by atoms with Crippen LogP contribution in [0.1, 0.15) is 12.0 Å². The fraction of sp³-hybridized carbons (Fsp3) is 0.192. The van der Waals surface area contributed by atoms with Crippen LogP contribution in [-0.2, 0) is 16.0 Å². The molecule has 0 bridgehead atoms. The number of methoxy groups -OCH3 is 1. The van der Waals surface area contributed by atoms with Crippen molar-refractivity contribution in [1.29, 1.82) is 0 Å². The van der Waals surface area contributed by atoms with Crippen molar-refractivity contribution in [1.82, 2.24) is 4.90 Å². The Bertz CT molecular complexity index is 1120. The minimum Gasteiger partial charge on any atom is -0.497 e. The first-order valence-electron chi connectivity index (χ1n) is 10.7. The van der Waals surface area contributed by atoms with Crippen LogP contribution in [-0.4, -0.2) is 42.4 Å². The number of carbonyl (C=O) groups is 3. The van der Waals surface area contributed by atoms with Crippen molar-refractivity contribution in [3.05, 3.63) is 90.5 Å². The predicted octanol–water partition coefficient (Wildman–Crippen LogP) is 4.10. The molecule has 7 heteroatoms. The highest BCUT2D eigenvalue weighted by atomic mass is 16.5. The number of ether oxygens (including phenoxy) is 1. The summed E-state index contributed by atoms with van der Waals surface area (Å²) >= 11 is 0. The summed E-state index contributed by atoms with van der Waals surface area (Å²) < 4.78 is 5.13. The van der Waals surface area contributed by atoms with Gasteiger partial charge < -0.3 is 15.0 Å².